The summed E-state index contributed by atoms with van der Waals surface area (Å²) < 4.78 is 0. The summed E-state index contributed by atoms with van der Waals surface area (Å²) in [4.78, 5) is 5.01. The van der Waals surface area contributed by atoms with Crippen molar-refractivity contribution in [1.82, 2.24) is 9.80 Å². The molecule has 1 rings (SSSR count). The fraction of sp³-hybridized carbons (Fsp3) is 0.857. The van der Waals surface area contributed by atoms with Crippen LogP contribution in [0.4, 0.5) is 0 Å². The molecule has 1 aliphatic heterocycles. The second-order valence-electron chi connectivity index (χ2n) is 5.44. The lowest BCUT2D eigenvalue weighted by atomic mass is 9.88. The molecule has 0 aromatic carbocycles. The van der Waals surface area contributed by atoms with Gasteiger partial charge in [-0.2, -0.15) is 0 Å². The van der Waals surface area contributed by atoms with Gasteiger partial charge in [0.25, 0.3) is 0 Å². The van der Waals surface area contributed by atoms with E-state index in [0.29, 0.717) is 5.41 Å². The van der Waals surface area contributed by atoms with Crippen molar-refractivity contribution < 1.29 is 0 Å². The molecule has 0 aliphatic carbocycles. The predicted octanol–water partition coefficient (Wildman–Crippen LogP) is 2.96. The molecule has 2 heteroatoms. The summed E-state index contributed by atoms with van der Waals surface area (Å²) in [6, 6.07) is 0. The van der Waals surface area contributed by atoms with Crippen LogP contribution in [0.15, 0.2) is 12.3 Å². The van der Waals surface area contributed by atoms with Gasteiger partial charge in [-0.05, 0) is 25.9 Å². The molecule has 1 saturated heterocycles. The Morgan fingerprint density at radius 3 is 2.44 bits per heavy atom. The average Bonchev–Trinajstić information content (AvgIpc) is 2.52. The monoisotopic (exact) mass is 224 g/mol. The van der Waals surface area contributed by atoms with Crippen LogP contribution in [-0.2, 0) is 0 Å². The summed E-state index contributed by atoms with van der Waals surface area (Å²) in [5.74, 6) is 0. The SMILES string of the molecule is C=C1CC(C)(CN(CC)CC)CN1CCC. The Hall–Kier alpha value is -0.500. The Morgan fingerprint density at radius 2 is 1.94 bits per heavy atom. The largest absolute Gasteiger partial charge is 0.375 e. The van der Waals surface area contributed by atoms with Crippen molar-refractivity contribution in [3.8, 4) is 0 Å². The number of hydrogen-bond donors (Lipinski definition) is 0. The van der Waals surface area contributed by atoms with Gasteiger partial charge in [-0.1, -0.05) is 34.3 Å². The molecule has 1 atom stereocenters. The molecular formula is C14H28N2. The summed E-state index contributed by atoms with van der Waals surface area (Å²) in [7, 11) is 0. The molecule has 0 bridgehead atoms. The molecule has 16 heavy (non-hydrogen) atoms. The van der Waals surface area contributed by atoms with E-state index in [1.165, 1.54) is 38.2 Å². The van der Waals surface area contributed by atoms with Gasteiger partial charge in [-0.25, -0.2) is 0 Å². The van der Waals surface area contributed by atoms with Gasteiger partial charge in [0.15, 0.2) is 0 Å². The van der Waals surface area contributed by atoms with Crippen molar-refractivity contribution in [1.29, 1.82) is 0 Å². The highest BCUT2D eigenvalue weighted by Crippen LogP contribution is 2.36. The van der Waals surface area contributed by atoms with Crippen LogP contribution in [0.1, 0.15) is 40.5 Å². The van der Waals surface area contributed by atoms with Crippen LogP contribution in [-0.4, -0.2) is 42.5 Å². The van der Waals surface area contributed by atoms with Gasteiger partial charge >= 0.3 is 0 Å². The lowest BCUT2D eigenvalue weighted by Gasteiger charge is -2.31. The first-order chi connectivity index (χ1) is 7.54. The van der Waals surface area contributed by atoms with Crippen molar-refractivity contribution in [2.45, 2.75) is 40.5 Å². The molecule has 1 aliphatic rings. The van der Waals surface area contributed by atoms with Crippen molar-refractivity contribution >= 4 is 0 Å². The highest BCUT2D eigenvalue weighted by Gasteiger charge is 2.36. The minimum Gasteiger partial charge on any atom is -0.375 e. The second-order valence-corrected chi connectivity index (χ2v) is 5.44. The van der Waals surface area contributed by atoms with E-state index in [1.54, 1.807) is 0 Å². The average molecular weight is 224 g/mol. The molecule has 0 radical (unpaired) electrons. The van der Waals surface area contributed by atoms with Crippen LogP contribution < -0.4 is 0 Å². The third kappa shape index (κ3) is 3.24. The zero-order valence-electron chi connectivity index (χ0n) is 11.6. The van der Waals surface area contributed by atoms with Crippen LogP contribution in [0.2, 0.25) is 0 Å². The summed E-state index contributed by atoms with van der Waals surface area (Å²) in [5, 5.41) is 0. The Balaban J connectivity index is 2.56. The lowest BCUT2D eigenvalue weighted by molar-refractivity contribution is 0.175. The number of likely N-dealkylation sites (tertiary alicyclic amines) is 1. The third-order valence-corrected chi connectivity index (χ3v) is 3.64. The maximum absolute atomic E-state index is 4.22. The normalized spacial score (nSPS) is 25.8. The molecule has 1 unspecified atom stereocenters. The summed E-state index contributed by atoms with van der Waals surface area (Å²) >= 11 is 0. The molecule has 94 valence electrons. The maximum Gasteiger partial charge on any atom is 0.0244 e. The van der Waals surface area contributed by atoms with E-state index in [-0.39, 0.29) is 0 Å². The zero-order valence-corrected chi connectivity index (χ0v) is 11.6. The van der Waals surface area contributed by atoms with E-state index in [2.05, 4.69) is 44.1 Å². The third-order valence-electron chi connectivity index (χ3n) is 3.64. The summed E-state index contributed by atoms with van der Waals surface area (Å²) in [6.45, 7) is 19.3. The van der Waals surface area contributed by atoms with Gasteiger partial charge < -0.3 is 9.80 Å². The second kappa shape index (κ2) is 5.72. The van der Waals surface area contributed by atoms with Crippen LogP contribution in [0.5, 0.6) is 0 Å². The van der Waals surface area contributed by atoms with Crippen molar-refractivity contribution in [3.05, 3.63) is 12.3 Å². The Bertz CT molecular complexity index is 233. The predicted molar refractivity (Wildman–Crippen MR) is 71.5 cm³/mol. The van der Waals surface area contributed by atoms with Gasteiger partial charge in [0, 0.05) is 30.7 Å². The highest BCUT2D eigenvalue weighted by molar-refractivity contribution is 5.08. The molecule has 0 spiro atoms. The van der Waals surface area contributed by atoms with E-state index in [0.717, 1.165) is 13.1 Å². The van der Waals surface area contributed by atoms with E-state index in [9.17, 15) is 0 Å². The van der Waals surface area contributed by atoms with E-state index in [1.807, 2.05) is 0 Å². The van der Waals surface area contributed by atoms with E-state index in [4.69, 9.17) is 0 Å². The fourth-order valence-corrected chi connectivity index (χ4v) is 2.83. The zero-order chi connectivity index (χ0) is 12.2. The van der Waals surface area contributed by atoms with Gasteiger partial charge in [0.1, 0.15) is 0 Å². The first-order valence-electron chi connectivity index (χ1n) is 6.69. The van der Waals surface area contributed by atoms with Gasteiger partial charge in [-0.15, -0.1) is 0 Å². The number of hydrogen-bond acceptors (Lipinski definition) is 2. The minimum atomic E-state index is 0.415. The van der Waals surface area contributed by atoms with E-state index < -0.39 is 0 Å². The van der Waals surface area contributed by atoms with Crippen LogP contribution in [0.3, 0.4) is 0 Å². The lowest BCUT2D eigenvalue weighted by Crippen LogP contribution is -2.38. The summed E-state index contributed by atoms with van der Waals surface area (Å²) in [6.07, 6.45) is 2.39. The first-order valence-corrected chi connectivity index (χ1v) is 6.69. The first kappa shape index (κ1) is 13.6. The van der Waals surface area contributed by atoms with Crippen molar-refractivity contribution in [3.63, 3.8) is 0 Å². The fourth-order valence-electron chi connectivity index (χ4n) is 2.83. The Kier molecular flexibility index (Phi) is 4.85. The van der Waals surface area contributed by atoms with Crippen LogP contribution >= 0.6 is 0 Å². The number of allylic oxidation sites excluding steroid dienone is 1. The van der Waals surface area contributed by atoms with Gasteiger partial charge in [-0.3, -0.25) is 0 Å². The number of nitrogens with zero attached hydrogens (tertiary/aromatic N) is 2. The Morgan fingerprint density at radius 1 is 1.31 bits per heavy atom. The van der Waals surface area contributed by atoms with Gasteiger partial charge in [0.05, 0.1) is 0 Å². The molecular weight excluding hydrogens is 196 g/mol. The smallest absolute Gasteiger partial charge is 0.0244 e. The van der Waals surface area contributed by atoms with Crippen molar-refractivity contribution in [2.24, 2.45) is 5.41 Å². The molecule has 0 N–H and O–H groups in total. The molecule has 1 heterocycles. The molecule has 0 amide bonds. The molecule has 1 fully saturated rings. The van der Waals surface area contributed by atoms with Crippen LogP contribution in [0, 0.1) is 5.41 Å². The molecule has 0 saturated carbocycles. The van der Waals surface area contributed by atoms with Gasteiger partial charge in [0.2, 0.25) is 0 Å². The quantitative estimate of drug-likeness (QED) is 0.684. The Labute approximate surface area is 101 Å². The topological polar surface area (TPSA) is 6.48 Å². The minimum absolute atomic E-state index is 0.415. The summed E-state index contributed by atoms with van der Waals surface area (Å²) in [5.41, 5.74) is 1.76. The standard InChI is InChI=1S/C14H28N2/c1-6-9-16-12-14(5,10-13(16)4)11-15(7-2)8-3/h4,6-12H2,1-3,5H3. The molecule has 0 aromatic heterocycles. The van der Waals surface area contributed by atoms with Crippen LogP contribution in [0.25, 0.3) is 0 Å². The number of rotatable bonds is 6. The van der Waals surface area contributed by atoms with Crippen molar-refractivity contribution in [2.75, 3.05) is 32.7 Å². The molecule has 0 aromatic rings. The highest BCUT2D eigenvalue weighted by atomic mass is 15.2. The maximum atomic E-state index is 4.22. The molecule has 2 nitrogen and oxygen atoms in total. The van der Waals surface area contributed by atoms with E-state index >= 15 is 0 Å².